The van der Waals surface area contributed by atoms with Gasteiger partial charge in [-0.3, -0.25) is 9.59 Å². The van der Waals surface area contributed by atoms with Gasteiger partial charge in [-0.05, 0) is 44.9 Å². The Morgan fingerprint density at radius 3 is 1.44 bits per heavy atom. The van der Waals surface area contributed by atoms with Crippen LogP contribution in [0.25, 0.3) is 0 Å². The number of hydrogen-bond acceptors (Lipinski definition) is 5. The minimum atomic E-state index is -0.772. The number of carbonyl (C=O) groups is 2. The van der Waals surface area contributed by atoms with Crippen molar-refractivity contribution >= 4 is 11.9 Å². The van der Waals surface area contributed by atoms with E-state index in [1.807, 2.05) is 0 Å². The van der Waals surface area contributed by atoms with Crippen LogP contribution >= 0.6 is 0 Å². The van der Waals surface area contributed by atoms with Gasteiger partial charge in [0.05, 0.1) is 6.61 Å². The molecule has 0 rings (SSSR count). The van der Waals surface area contributed by atoms with E-state index in [0.29, 0.717) is 12.8 Å². The van der Waals surface area contributed by atoms with E-state index in [1.54, 1.807) is 0 Å². The van der Waals surface area contributed by atoms with Gasteiger partial charge in [0.2, 0.25) is 0 Å². The molecule has 0 amide bonds. The van der Waals surface area contributed by atoms with E-state index in [-0.39, 0.29) is 25.2 Å². The summed E-state index contributed by atoms with van der Waals surface area (Å²) in [5.74, 6) is -0.598. The first kappa shape index (κ1) is 43.1. The van der Waals surface area contributed by atoms with E-state index in [0.717, 1.165) is 64.2 Å². The first-order valence-corrected chi connectivity index (χ1v) is 19.0. The summed E-state index contributed by atoms with van der Waals surface area (Å²) in [7, 11) is 0. The number of aliphatic hydroxyl groups is 1. The Labute approximate surface area is 278 Å². The predicted molar refractivity (Wildman–Crippen MR) is 191 cm³/mol. The topological polar surface area (TPSA) is 72.8 Å². The number of allylic oxidation sites excluding steroid dienone is 6. The Morgan fingerprint density at radius 1 is 0.533 bits per heavy atom. The largest absolute Gasteiger partial charge is 0.462 e. The van der Waals surface area contributed by atoms with Gasteiger partial charge in [-0.1, -0.05) is 166 Å². The monoisotopic (exact) mass is 633 g/mol. The molecule has 5 heteroatoms. The lowest BCUT2D eigenvalue weighted by molar-refractivity contribution is -0.161. The summed E-state index contributed by atoms with van der Waals surface area (Å²) in [6.07, 6.45) is 43.4. The first-order chi connectivity index (χ1) is 22.1. The molecule has 45 heavy (non-hydrogen) atoms. The number of ether oxygens (including phenoxy) is 2. The Balaban J connectivity index is 3.56. The van der Waals surface area contributed by atoms with E-state index in [2.05, 4.69) is 50.3 Å². The first-order valence-electron chi connectivity index (χ1n) is 19.0. The molecule has 0 saturated heterocycles. The normalized spacial score (nSPS) is 12.5. The number of aliphatic hydroxyl groups excluding tert-OH is 1. The van der Waals surface area contributed by atoms with Gasteiger partial charge in [0.25, 0.3) is 0 Å². The fourth-order valence-corrected chi connectivity index (χ4v) is 5.33. The average molecular weight is 633 g/mol. The standard InChI is InChI=1S/C40H72O5/c1-3-5-7-9-11-13-15-17-19-20-21-23-25-27-29-31-33-35-40(43)45-38(36-41)37-44-39(42)34-32-30-28-26-24-22-18-16-14-12-10-8-6-4-2/h5,7,11,13,17,19,38,41H,3-4,6,8-10,12,14-16,18,20-37H2,1-2H3/b7-5-,13-11-,19-17-. The molecular formula is C40H72O5. The molecule has 0 saturated carbocycles. The van der Waals surface area contributed by atoms with Crippen molar-refractivity contribution in [2.75, 3.05) is 13.2 Å². The Morgan fingerprint density at radius 2 is 0.956 bits per heavy atom. The van der Waals surface area contributed by atoms with Crippen molar-refractivity contribution in [2.24, 2.45) is 0 Å². The zero-order valence-corrected chi connectivity index (χ0v) is 29.6. The molecule has 0 heterocycles. The molecule has 0 fully saturated rings. The highest BCUT2D eigenvalue weighted by molar-refractivity contribution is 5.70. The Bertz CT molecular complexity index is 726. The quantitative estimate of drug-likeness (QED) is 0.0434. The molecule has 0 aromatic heterocycles. The van der Waals surface area contributed by atoms with Crippen LogP contribution in [0.5, 0.6) is 0 Å². The Kier molecular flexibility index (Phi) is 35.1. The fraction of sp³-hybridized carbons (Fsp3) is 0.800. The highest BCUT2D eigenvalue weighted by Crippen LogP contribution is 2.14. The lowest BCUT2D eigenvalue weighted by Crippen LogP contribution is -2.28. The van der Waals surface area contributed by atoms with Crippen LogP contribution in [0.3, 0.4) is 0 Å². The third kappa shape index (κ3) is 34.8. The van der Waals surface area contributed by atoms with Gasteiger partial charge in [0.1, 0.15) is 6.61 Å². The van der Waals surface area contributed by atoms with Gasteiger partial charge in [0.15, 0.2) is 6.10 Å². The van der Waals surface area contributed by atoms with E-state index in [1.165, 1.54) is 96.3 Å². The van der Waals surface area contributed by atoms with Crippen molar-refractivity contribution in [3.05, 3.63) is 36.5 Å². The van der Waals surface area contributed by atoms with Crippen LogP contribution in [-0.2, 0) is 19.1 Å². The second-order valence-corrected chi connectivity index (χ2v) is 12.6. The summed E-state index contributed by atoms with van der Waals surface area (Å²) in [5, 5.41) is 9.54. The van der Waals surface area contributed by atoms with Gasteiger partial charge in [-0.25, -0.2) is 0 Å². The number of rotatable bonds is 34. The van der Waals surface area contributed by atoms with Crippen molar-refractivity contribution < 1.29 is 24.2 Å². The van der Waals surface area contributed by atoms with Crippen molar-refractivity contribution in [3.63, 3.8) is 0 Å². The second kappa shape index (κ2) is 36.6. The minimum Gasteiger partial charge on any atom is -0.462 e. The summed E-state index contributed by atoms with van der Waals surface area (Å²) in [5.41, 5.74) is 0. The predicted octanol–water partition coefficient (Wildman–Crippen LogP) is 11.7. The van der Waals surface area contributed by atoms with Crippen LogP contribution in [0.4, 0.5) is 0 Å². The summed E-state index contributed by atoms with van der Waals surface area (Å²) in [6, 6.07) is 0. The molecule has 0 aliphatic carbocycles. The van der Waals surface area contributed by atoms with Gasteiger partial charge >= 0.3 is 11.9 Å². The highest BCUT2D eigenvalue weighted by atomic mass is 16.6. The van der Waals surface area contributed by atoms with Crippen LogP contribution in [0.15, 0.2) is 36.5 Å². The molecule has 0 bridgehead atoms. The summed E-state index contributed by atoms with van der Waals surface area (Å²) in [6.45, 7) is 4.02. The minimum absolute atomic E-state index is 0.0673. The maximum atomic E-state index is 12.1. The van der Waals surface area contributed by atoms with Crippen molar-refractivity contribution in [1.82, 2.24) is 0 Å². The third-order valence-corrected chi connectivity index (χ3v) is 8.20. The maximum Gasteiger partial charge on any atom is 0.306 e. The molecule has 0 spiro atoms. The van der Waals surface area contributed by atoms with Crippen molar-refractivity contribution in [1.29, 1.82) is 0 Å². The molecule has 5 nitrogen and oxygen atoms in total. The lowest BCUT2D eigenvalue weighted by Gasteiger charge is -2.15. The molecule has 0 aliphatic rings. The zero-order chi connectivity index (χ0) is 32.9. The summed E-state index contributed by atoms with van der Waals surface area (Å²) in [4.78, 5) is 24.2. The Hall–Kier alpha value is -1.88. The van der Waals surface area contributed by atoms with E-state index in [4.69, 9.17) is 9.47 Å². The van der Waals surface area contributed by atoms with Gasteiger partial charge in [-0.2, -0.15) is 0 Å². The van der Waals surface area contributed by atoms with Gasteiger partial charge in [0, 0.05) is 12.8 Å². The van der Waals surface area contributed by atoms with Crippen LogP contribution in [-0.4, -0.2) is 36.4 Å². The van der Waals surface area contributed by atoms with Crippen LogP contribution in [0.1, 0.15) is 187 Å². The number of unbranched alkanes of at least 4 members (excludes halogenated alkanes) is 20. The SMILES string of the molecule is CC/C=C\C/C=C\C/C=C\CCCCCCCCCC(=O)OC(CO)COC(=O)CCCCCCCCCCCCCCCC. The molecule has 1 unspecified atom stereocenters. The van der Waals surface area contributed by atoms with Gasteiger partial charge in [-0.15, -0.1) is 0 Å². The number of carbonyl (C=O) groups excluding carboxylic acids is 2. The van der Waals surface area contributed by atoms with Crippen molar-refractivity contribution in [2.45, 2.75) is 193 Å². The number of esters is 2. The van der Waals surface area contributed by atoms with E-state index < -0.39 is 6.10 Å². The lowest BCUT2D eigenvalue weighted by atomic mass is 10.0. The van der Waals surface area contributed by atoms with Crippen LogP contribution in [0, 0.1) is 0 Å². The van der Waals surface area contributed by atoms with E-state index >= 15 is 0 Å². The summed E-state index contributed by atoms with van der Waals surface area (Å²) >= 11 is 0. The molecule has 0 radical (unpaired) electrons. The third-order valence-electron chi connectivity index (χ3n) is 8.20. The van der Waals surface area contributed by atoms with E-state index in [9.17, 15) is 14.7 Å². The number of hydrogen-bond donors (Lipinski definition) is 1. The molecule has 0 aromatic carbocycles. The molecule has 1 N–H and O–H groups in total. The van der Waals surface area contributed by atoms with Crippen LogP contribution < -0.4 is 0 Å². The smallest absolute Gasteiger partial charge is 0.306 e. The van der Waals surface area contributed by atoms with Crippen LogP contribution in [0.2, 0.25) is 0 Å². The molecule has 1 atom stereocenters. The average Bonchev–Trinajstić information content (AvgIpc) is 3.04. The maximum absolute atomic E-state index is 12.1. The zero-order valence-electron chi connectivity index (χ0n) is 29.6. The van der Waals surface area contributed by atoms with Crippen molar-refractivity contribution in [3.8, 4) is 0 Å². The molecule has 0 aromatic rings. The molecule has 0 aliphatic heterocycles. The second-order valence-electron chi connectivity index (χ2n) is 12.6. The highest BCUT2D eigenvalue weighted by Gasteiger charge is 2.16. The van der Waals surface area contributed by atoms with Gasteiger partial charge < -0.3 is 14.6 Å². The summed E-state index contributed by atoms with van der Waals surface area (Å²) < 4.78 is 10.6. The molecule has 262 valence electrons. The molecular weight excluding hydrogens is 560 g/mol. The fourth-order valence-electron chi connectivity index (χ4n) is 5.33.